The van der Waals surface area contributed by atoms with E-state index < -0.39 is 5.97 Å². The molecule has 0 unspecified atom stereocenters. The van der Waals surface area contributed by atoms with E-state index in [0.29, 0.717) is 23.8 Å². The molecule has 1 aromatic heterocycles. The fourth-order valence-electron chi connectivity index (χ4n) is 3.41. The van der Waals surface area contributed by atoms with E-state index in [2.05, 4.69) is 48.0 Å². The van der Waals surface area contributed by atoms with Gasteiger partial charge in [-0.2, -0.15) is 0 Å². The third-order valence-electron chi connectivity index (χ3n) is 5.20. The number of benzene rings is 3. The third kappa shape index (κ3) is 4.73. The molecule has 0 spiro atoms. The van der Waals surface area contributed by atoms with E-state index >= 15 is 0 Å². The number of hydrogen-bond acceptors (Lipinski definition) is 2. The van der Waals surface area contributed by atoms with Crippen LogP contribution in [-0.4, -0.2) is 16.1 Å². The summed E-state index contributed by atoms with van der Waals surface area (Å²) in [6.45, 7) is 2.06. The van der Waals surface area contributed by atoms with Gasteiger partial charge in [0.15, 0.2) is 5.43 Å². The number of aryl methyl sites for hydroxylation is 1. The van der Waals surface area contributed by atoms with Crippen molar-refractivity contribution in [2.75, 3.05) is 0 Å². The number of carboxylic acid groups (broad SMARTS) is 1. The fourth-order valence-corrected chi connectivity index (χ4v) is 3.41. The SMILES string of the molecule is Cc1ccc(CC#Cc2ccc3[nH]cc(Cc4ccc(C(=O)O)cc4)c(=O)c3c2)cc1. The van der Waals surface area contributed by atoms with Gasteiger partial charge < -0.3 is 10.1 Å². The fraction of sp³-hybridized carbons (Fsp3) is 0.111. The van der Waals surface area contributed by atoms with E-state index in [-0.39, 0.29) is 11.0 Å². The van der Waals surface area contributed by atoms with Gasteiger partial charge in [0.1, 0.15) is 0 Å². The van der Waals surface area contributed by atoms with Crippen molar-refractivity contribution in [2.24, 2.45) is 0 Å². The molecule has 0 atom stereocenters. The maximum atomic E-state index is 13.0. The number of hydrogen-bond donors (Lipinski definition) is 2. The summed E-state index contributed by atoms with van der Waals surface area (Å²) in [6, 6.07) is 20.5. The summed E-state index contributed by atoms with van der Waals surface area (Å²) in [5, 5.41) is 9.62. The summed E-state index contributed by atoms with van der Waals surface area (Å²) in [7, 11) is 0. The van der Waals surface area contributed by atoms with Crippen LogP contribution in [0.2, 0.25) is 0 Å². The Morgan fingerprint density at radius 2 is 1.68 bits per heavy atom. The van der Waals surface area contributed by atoms with E-state index in [4.69, 9.17) is 5.11 Å². The summed E-state index contributed by atoms with van der Waals surface area (Å²) in [4.78, 5) is 27.2. The second-order valence-corrected chi connectivity index (χ2v) is 7.55. The van der Waals surface area contributed by atoms with Gasteiger partial charge in [0.05, 0.1) is 5.56 Å². The highest BCUT2D eigenvalue weighted by Gasteiger charge is 2.08. The summed E-state index contributed by atoms with van der Waals surface area (Å²) in [6.07, 6.45) is 2.80. The van der Waals surface area contributed by atoms with Crippen LogP contribution in [-0.2, 0) is 12.8 Å². The number of nitrogens with one attached hydrogen (secondary N) is 1. The second kappa shape index (κ2) is 8.73. The Balaban J connectivity index is 1.58. The zero-order chi connectivity index (χ0) is 21.8. The lowest BCUT2D eigenvalue weighted by molar-refractivity contribution is 0.0697. The molecule has 4 heteroatoms. The van der Waals surface area contributed by atoms with E-state index in [1.54, 1.807) is 30.5 Å². The van der Waals surface area contributed by atoms with Crippen LogP contribution in [0.25, 0.3) is 10.9 Å². The largest absolute Gasteiger partial charge is 0.478 e. The van der Waals surface area contributed by atoms with Crippen molar-refractivity contribution in [3.63, 3.8) is 0 Å². The van der Waals surface area contributed by atoms with Crippen molar-refractivity contribution in [3.05, 3.63) is 117 Å². The van der Waals surface area contributed by atoms with Gasteiger partial charge in [-0.15, -0.1) is 0 Å². The Kier molecular flexibility index (Phi) is 5.68. The topological polar surface area (TPSA) is 70.2 Å². The summed E-state index contributed by atoms with van der Waals surface area (Å²) >= 11 is 0. The van der Waals surface area contributed by atoms with Crippen LogP contribution in [0.1, 0.15) is 38.2 Å². The number of rotatable bonds is 4. The van der Waals surface area contributed by atoms with Crippen LogP contribution in [0.3, 0.4) is 0 Å². The van der Waals surface area contributed by atoms with E-state index in [0.717, 1.165) is 22.2 Å². The number of aromatic carboxylic acids is 1. The van der Waals surface area contributed by atoms with Gasteiger partial charge in [0.25, 0.3) is 0 Å². The molecule has 0 radical (unpaired) electrons. The quantitative estimate of drug-likeness (QED) is 0.481. The Hall–Kier alpha value is -4.10. The number of carbonyl (C=O) groups is 1. The summed E-state index contributed by atoms with van der Waals surface area (Å²) < 4.78 is 0. The Labute approximate surface area is 180 Å². The first-order valence-corrected chi connectivity index (χ1v) is 10.0. The lowest BCUT2D eigenvalue weighted by Crippen LogP contribution is -2.11. The highest BCUT2D eigenvalue weighted by atomic mass is 16.4. The monoisotopic (exact) mass is 407 g/mol. The number of carboxylic acids is 1. The zero-order valence-corrected chi connectivity index (χ0v) is 17.1. The van der Waals surface area contributed by atoms with Crippen LogP contribution in [0.4, 0.5) is 0 Å². The number of aromatic amines is 1. The lowest BCUT2D eigenvalue weighted by atomic mass is 10.0. The van der Waals surface area contributed by atoms with Crippen LogP contribution in [0.15, 0.2) is 77.7 Å². The molecule has 0 bridgehead atoms. The minimum atomic E-state index is -0.967. The molecule has 4 aromatic rings. The van der Waals surface area contributed by atoms with Crippen LogP contribution in [0.5, 0.6) is 0 Å². The second-order valence-electron chi connectivity index (χ2n) is 7.55. The predicted octanol–water partition coefficient (Wildman–Crippen LogP) is 4.72. The van der Waals surface area contributed by atoms with Gasteiger partial charge in [0.2, 0.25) is 0 Å². The van der Waals surface area contributed by atoms with E-state index in [1.807, 2.05) is 18.2 Å². The van der Waals surface area contributed by atoms with Crippen molar-refractivity contribution in [2.45, 2.75) is 19.8 Å². The molecule has 0 aliphatic rings. The average molecular weight is 407 g/mol. The van der Waals surface area contributed by atoms with Gasteiger partial charge in [-0.3, -0.25) is 4.79 Å². The standard InChI is InChI=1S/C27H21NO3/c1-18-5-7-19(8-6-18)3-2-4-20-11-14-25-24(16-20)26(29)23(17-28-25)15-21-9-12-22(13-10-21)27(30)31/h5-14,16-17H,3,15H2,1H3,(H,28,29)(H,30,31). The molecule has 0 aliphatic carbocycles. The minimum Gasteiger partial charge on any atom is -0.478 e. The van der Waals surface area contributed by atoms with Gasteiger partial charge in [-0.1, -0.05) is 53.8 Å². The molecule has 4 rings (SSSR count). The number of fused-ring (bicyclic) bond motifs is 1. The predicted molar refractivity (Wildman–Crippen MR) is 123 cm³/mol. The van der Waals surface area contributed by atoms with Gasteiger partial charge >= 0.3 is 5.97 Å². The molecule has 0 saturated heterocycles. The van der Waals surface area contributed by atoms with Crippen molar-refractivity contribution in [1.82, 2.24) is 4.98 Å². The Morgan fingerprint density at radius 1 is 0.968 bits per heavy atom. The van der Waals surface area contributed by atoms with Crippen LogP contribution in [0, 0.1) is 18.8 Å². The third-order valence-corrected chi connectivity index (χ3v) is 5.20. The normalized spacial score (nSPS) is 10.5. The summed E-state index contributed by atoms with van der Waals surface area (Å²) in [5.41, 5.74) is 5.63. The van der Waals surface area contributed by atoms with Crippen LogP contribution < -0.4 is 5.43 Å². The molecular formula is C27H21NO3. The Bertz CT molecular complexity index is 1370. The van der Waals surface area contributed by atoms with Crippen molar-refractivity contribution in [1.29, 1.82) is 0 Å². The van der Waals surface area contributed by atoms with Crippen LogP contribution >= 0.6 is 0 Å². The van der Waals surface area contributed by atoms with E-state index in [1.165, 1.54) is 5.56 Å². The molecule has 0 fully saturated rings. The molecule has 0 saturated carbocycles. The van der Waals surface area contributed by atoms with Gasteiger partial charge in [-0.05, 0) is 48.4 Å². The molecule has 31 heavy (non-hydrogen) atoms. The smallest absolute Gasteiger partial charge is 0.335 e. The van der Waals surface area contributed by atoms with E-state index in [9.17, 15) is 9.59 Å². The Morgan fingerprint density at radius 3 is 2.39 bits per heavy atom. The first-order valence-electron chi connectivity index (χ1n) is 10.0. The molecule has 0 aliphatic heterocycles. The van der Waals surface area contributed by atoms with Crippen molar-refractivity contribution >= 4 is 16.9 Å². The molecule has 4 nitrogen and oxygen atoms in total. The molecule has 152 valence electrons. The minimum absolute atomic E-state index is 0.0433. The first kappa shape index (κ1) is 20.2. The molecule has 0 amide bonds. The highest BCUT2D eigenvalue weighted by molar-refractivity contribution is 5.87. The first-order chi connectivity index (χ1) is 15.0. The number of pyridine rings is 1. The van der Waals surface area contributed by atoms with Gasteiger partial charge in [0, 0.05) is 41.1 Å². The number of aromatic nitrogens is 1. The maximum Gasteiger partial charge on any atom is 0.335 e. The molecular weight excluding hydrogens is 386 g/mol. The summed E-state index contributed by atoms with van der Waals surface area (Å²) in [5.74, 6) is 5.37. The average Bonchev–Trinajstić information content (AvgIpc) is 2.78. The molecule has 2 N–H and O–H groups in total. The molecule has 3 aromatic carbocycles. The number of H-pyrrole nitrogens is 1. The highest BCUT2D eigenvalue weighted by Crippen LogP contribution is 2.14. The maximum absolute atomic E-state index is 13.0. The lowest BCUT2D eigenvalue weighted by Gasteiger charge is -2.05. The van der Waals surface area contributed by atoms with Gasteiger partial charge in [-0.25, -0.2) is 4.79 Å². The van der Waals surface area contributed by atoms with Crippen molar-refractivity contribution < 1.29 is 9.90 Å². The molecule has 1 heterocycles. The van der Waals surface area contributed by atoms with Crippen molar-refractivity contribution in [3.8, 4) is 11.8 Å². The zero-order valence-electron chi connectivity index (χ0n) is 17.1.